The third kappa shape index (κ3) is 8.45. The summed E-state index contributed by atoms with van der Waals surface area (Å²) in [7, 11) is 0. The molecule has 29 heavy (non-hydrogen) atoms. The van der Waals surface area contributed by atoms with Crippen molar-refractivity contribution in [1.29, 1.82) is 0 Å². The van der Waals surface area contributed by atoms with E-state index in [4.69, 9.17) is 11.6 Å². The molecular weight excluding hydrogens is 381 g/mol. The van der Waals surface area contributed by atoms with Gasteiger partial charge in [-0.3, -0.25) is 16.6 Å². The number of amidine groups is 1. The van der Waals surface area contributed by atoms with Crippen LogP contribution < -0.4 is 56.7 Å². The Morgan fingerprint density at radius 1 is 1.24 bits per heavy atom. The maximum atomic E-state index is 6.06. The smallest absolute Gasteiger partial charge is 0.347 e. The number of hydrogen-bond donors (Lipinski definition) is 1. The Hall–Kier alpha value is -1.43. The first kappa shape index (κ1) is 25.6. The molecule has 2 rings (SSSR count). The van der Waals surface area contributed by atoms with E-state index in [-0.39, 0.29) is 51.4 Å². The molecule has 1 aromatic heterocycles. The topological polar surface area (TPSA) is 37.3 Å². The largest absolute Gasteiger partial charge is 1.00 e. The summed E-state index contributed by atoms with van der Waals surface area (Å²) in [5.41, 5.74) is 6.05. The number of nitrogens with zero attached hydrogens (tertiary/aromatic N) is 2. The predicted octanol–water partition coefficient (Wildman–Crippen LogP) is 2.77. The minimum absolute atomic E-state index is 0. The van der Waals surface area contributed by atoms with E-state index < -0.39 is 0 Å². The van der Waals surface area contributed by atoms with Gasteiger partial charge in [-0.25, -0.2) is 24.1 Å². The SMILES string of the molecule is [CH-]=C(/C=C\[CH-]C)CN=C(N/C=C/CC)c1cc(-c2ccc(C)cn2)ccc1C.[K+]. The predicted molar refractivity (Wildman–Crippen MR) is 120 cm³/mol. The zero-order valence-corrected chi connectivity index (χ0v) is 21.4. The van der Waals surface area contributed by atoms with Crippen LogP contribution >= 0.6 is 0 Å². The molecule has 0 fully saturated rings. The van der Waals surface area contributed by atoms with Crippen molar-refractivity contribution in [2.24, 2.45) is 4.99 Å². The van der Waals surface area contributed by atoms with Gasteiger partial charge in [0.25, 0.3) is 0 Å². The molecule has 0 saturated heterocycles. The van der Waals surface area contributed by atoms with Crippen LogP contribution in [-0.2, 0) is 0 Å². The van der Waals surface area contributed by atoms with E-state index in [1.54, 1.807) is 0 Å². The molecule has 0 amide bonds. The minimum atomic E-state index is 0. The molecule has 3 nitrogen and oxygen atoms in total. The van der Waals surface area contributed by atoms with Crippen LogP contribution in [0.1, 0.15) is 37.0 Å². The summed E-state index contributed by atoms with van der Waals surface area (Å²) in [5.74, 6) is 0.799. The molecule has 1 aromatic carbocycles. The molecule has 0 bridgehead atoms. The maximum Gasteiger partial charge on any atom is 1.00 e. The van der Waals surface area contributed by atoms with Gasteiger partial charge in [0.2, 0.25) is 0 Å². The molecule has 0 aliphatic rings. The van der Waals surface area contributed by atoms with Gasteiger partial charge in [0.1, 0.15) is 5.84 Å². The van der Waals surface area contributed by atoms with E-state index in [0.29, 0.717) is 12.1 Å². The molecule has 0 unspecified atom stereocenters. The molecule has 0 saturated carbocycles. The molecule has 4 heteroatoms. The molecule has 0 radical (unpaired) electrons. The van der Waals surface area contributed by atoms with E-state index in [0.717, 1.165) is 40.2 Å². The molecule has 146 valence electrons. The van der Waals surface area contributed by atoms with Gasteiger partial charge < -0.3 is 5.32 Å². The molecule has 0 atom stereocenters. The Morgan fingerprint density at radius 2 is 2.03 bits per heavy atom. The van der Waals surface area contributed by atoms with E-state index in [2.05, 4.69) is 54.5 Å². The number of hydrogen-bond acceptors (Lipinski definition) is 2. The molecule has 1 heterocycles. The van der Waals surface area contributed by atoms with E-state index in [1.807, 2.05) is 50.9 Å². The zero-order valence-electron chi connectivity index (χ0n) is 18.2. The van der Waals surface area contributed by atoms with Crippen molar-refractivity contribution < 1.29 is 51.4 Å². The summed E-state index contributed by atoms with van der Waals surface area (Å²) in [5, 5.41) is 3.33. The Labute approximate surface area is 218 Å². The maximum absolute atomic E-state index is 6.06. The second-order valence-electron chi connectivity index (χ2n) is 6.64. The van der Waals surface area contributed by atoms with Gasteiger partial charge in [-0.1, -0.05) is 31.2 Å². The Balaban J connectivity index is 0.00000420. The monoisotopic (exact) mass is 410 g/mol. The van der Waals surface area contributed by atoms with Crippen LogP contribution in [-0.4, -0.2) is 17.4 Å². The number of aliphatic imine (C=N–C) groups is 1. The summed E-state index contributed by atoms with van der Waals surface area (Å²) in [6.07, 6.45) is 12.6. The quantitative estimate of drug-likeness (QED) is 0.239. The Kier molecular flexibility index (Phi) is 12.1. The fraction of sp³-hybridized carbons (Fsp3) is 0.240. The van der Waals surface area contributed by atoms with Crippen molar-refractivity contribution in [3.8, 4) is 11.3 Å². The van der Waals surface area contributed by atoms with E-state index in [1.165, 1.54) is 0 Å². The Bertz CT molecular complexity index is 877. The number of aromatic nitrogens is 1. The fourth-order valence-electron chi connectivity index (χ4n) is 2.58. The number of benzene rings is 1. The molecule has 1 N–H and O–H groups in total. The summed E-state index contributed by atoms with van der Waals surface area (Å²) in [6, 6.07) is 10.4. The number of nitrogens with one attached hydrogen (secondary N) is 1. The molecule has 0 spiro atoms. The van der Waals surface area contributed by atoms with E-state index in [9.17, 15) is 0 Å². The van der Waals surface area contributed by atoms with Gasteiger partial charge in [0.15, 0.2) is 0 Å². The number of allylic oxidation sites excluding steroid dienone is 2. The zero-order chi connectivity index (χ0) is 20.4. The van der Waals surface area contributed by atoms with Crippen LogP contribution in [0.5, 0.6) is 0 Å². The fourth-order valence-corrected chi connectivity index (χ4v) is 2.58. The third-order valence-corrected chi connectivity index (χ3v) is 4.20. The van der Waals surface area contributed by atoms with Crippen molar-refractivity contribution in [3.05, 3.63) is 96.2 Å². The second-order valence-corrected chi connectivity index (χ2v) is 6.64. The first-order chi connectivity index (χ1) is 13.5. The van der Waals surface area contributed by atoms with Gasteiger partial charge in [0, 0.05) is 23.9 Å². The standard InChI is InChI=1S/C25H29N3.K/c1-6-8-10-19(3)18-28-25(26-15-9-7-2)23-16-22(13-12-21(23)5)24-14-11-20(4)17-27-24;/h3,6,8-17H,7,18H2,1-2,4-5H3,(H,26,28);/q-2;+1/b10-8-,15-9+;. The van der Waals surface area contributed by atoms with Crippen molar-refractivity contribution in [3.63, 3.8) is 0 Å². The Morgan fingerprint density at radius 3 is 2.69 bits per heavy atom. The van der Waals surface area contributed by atoms with Crippen LogP contribution in [0, 0.1) is 26.8 Å². The molecular formula is C25H29KN3-. The van der Waals surface area contributed by atoms with Crippen LogP contribution in [0.15, 0.2) is 71.5 Å². The van der Waals surface area contributed by atoms with Crippen molar-refractivity contribution in [2.75, 3.05) is 6.54 Å². The van der Waals surface area contributed by atoms with Crippen LogP contribution in [0.25, 0.3) is 11.3 Å². The number of pyridine rings is 1. The average molecular weight is 411 g/mol. The van der Waals surface area contributed by atoms with Gasteiger partial charge in [-0.05, 0) is 49.7 Å². The first-order valence-corrected chi connectivity index (χ1v) is 9.62. The number of rotatable bonds is 8. The summed E-state index contributed by atoms with van der Waals surface area (Å²) >= 11 is 0. The summed E-state index contributed by atoms with van der Waals surface area (Å²) in [4.78, 5) is 9.29. The van der Waals surface area contributed by atoms with Gasteiger partial charge >= 0.3 is 51.4 Å². The van der Waals surface area contributed by atoms with Crippen LogP contribution in [0.2, 0.25) is 0 Å². The van der Waals surface area contributed by atoms with Crippen LogP contribution in [0.3, 0.4) is 0 Å². The molecule has 0 aliphatic carbocycles. The van der Waals surface area contributed by atoms with Crippen molar-refractivity contribution in [1.82, 2.24) is 10.3 Å². The molecule has 0 aliphatic heterocycles. The average Bonchev–Trinajstić information content (AvgIpc) is 2.70. The van der Waals surface area contributed by atoms with Gasteiger partial charge in [-0.2, -0.15) is 0 Å². The van der Waals surface area contributed by atoms with Crippen molar-refractivity contribution in [2.45, 2.75) is 34.1 Å². The second kappa shape index (κ2) is 13.7. The summed E-state index contributed by atoms with van der Waals surface area (Å²) in [6.45, 7) is 14.7. The van der Waals surface area contributed by atoms with Crippen LogP contribution in [0.4, 0.5) is 0 Å². The van der Waals surface area contributed by atoms with E-state index >= 15 is 0 Å². The number of aryl methyl sites for hydroxylation is 2. The first-order valence-electron chi connectivity index (χ1n) is 9.62. The minimum Gasteiger partial charge on any atom is -0.347 e. The van der Waals surface area contributed by atoms with Gasteiger partial charge in [-0.15, -0.1) is 6.92 Å². The van der Waals surface area contributed by atoms with Crippen molar-refractivity contribution >= 4 is 5.84 Å². The molecule has 2 aromatic rings. The normalized spacial score (nSPS) is 11.5. The van der Waals surface area contributed by atoms with Gasteiger partial charge in [0.05, 0.1) is 5.69 Å². The summed E-state index contributed by atoms with van der Waals surface area (Å²) < 4.78 is 0. The third-order valence-electron chi connectivity index (χ3n) is 4.20.